The van der Waals surface area contributed by atoms with Crippen LogP contribution in [0.4, 0.5) is 0 Å². The Morgan fingerprint density at radius 2 is 1.76 bits per heavy atom. The molecule has 108 valence electrons. The van der Waals surface area contributed by atoms with E-state index < -0.39 is 10.0 Å². The molecule has 2 rings (SSSR count). The van der Waals surface area contributed by atoms with Crippen molar-refractivity contribution in [2.45, 2.75) is 18.7 Å². The average Bonchev–Trinajstić information content (AvgIpc) is 2.42. The summed E-state index contributed by atoms with van der Waals surface area (Å²) in [6.07, 6.45) is 4.69. The molecule has 21 heavy (non-hydrogen) atoms. The molecule has 0 aromatic heterocycles. The lowest BCUT2D eigenvalue weighted by Gasteiger charge is -2.07. The van der Waals surface area contributed by atoms with Gasteiger partial charge in [0, 0.05) is 6.92 Å². The van der Waals surface area contributed by atoms with Crippen molar-refractivity contribution in [1.82, 2.24) is 0 Å². The van der Waals surface area contributed by atoms with E-state index in [0.29, 0.717) is 17.0 Å². The van der Waals surface area contributed by atoms with Gasteiger partial charge < -0.3 is 0 Å². The Morgan fingerprint density at radius 3 is 2.33 bits per heavy atom. The van der Waals surface area contributed by atoms with Gasteiger partial charge in [-0.1, -0.05) is 18.2 Å². The summed E-state index contributed by atoms with van der Waals surface area (Å²) < 4.78 is 28.1. The van der Waals surface area contributed by atoms with Crippen molar-refractivity contribution >= 4 is 27.4 Å². The molecule has 0 atom stereocenters. The number of allylic oxidation sites excluding steroid dienone is 4. The second kappa shape index (κ2) is 5.97. The van der Waals surface area contributed by atoms with Gasteiger partial charge in [-0.05, 0) is 42.9 Å². The van der Waals surface area contributed by atoms with Crippen LogP contribution in [0, 0.1) is 0 Å². The molecule has 1 aliphatic carbocycles. The summed E-state index contributed by atoms with van der Waals surface area (Å²) in [4.78, 5) is 14.9. The van der Waals surface area contributed by atoms with Gasteiger partial charge in [-0.15, -0.1) is 0 Å². The zero-order chi connectivity index (χ0) is 15.5. The molecule has 0 aliphatic heterocycles. The molecule has 0 bridgehead atoms. The Balaban J connectivity index is 2.35. The molecule has 0 saturated heterocycles. The van der Waals surface area contributed by atoms with E-state index >= 15 is 0 Å². The summed E-state index contributed by atoms with van der Waals surface area (Å²) >= 11 is 0. The molecule has 0 radical (unpaired) electrons. The minimum absolute atomic E-state index is 0.139. The van der Waals surface area contributed by atoms with E-state index in [-0.39, 0.29) is 10.8 Å². The minimum atomic E-state index is -3.74. The molecule has 1 amide bonds. The molecule has 0 saturated carbocycles. The van der Waals surface area contributed by atoms with Gasteiger partial charge in [-0.25, -0.2) is 4.99 Å². The molecule has 0 fully saturated rings. The highest BCUT2D eigenvalue weighted by Gasteiger charge is 2.14. The maximum absolute atomic E-state index is 12.1. The first kappa shape index (κ1) is 15.1. The smallest absolute Gasteiger partial charge is 0.273 e. The summed E-state index contributed by atoms with van der Waals surface area (Å²) in [5.41, 5.74) is 1.51. The van der Waals surface area contributed by atoms with Crippen LogP contribution in [0.2, 0.25) is 0 Å². The molecule has 0 heterocycles. The highest BCUT2D eigenvalue weighted by atomic mass is 32.2. The molecular weight excluding hydrogens is 288 g/mol. The molecule has 5 nitrogen and oxygen atoms in total. The van der Waals surface area contributed by atoms with Crippen LogP contribution < -0.4 is 0 Å². The predicted octanol–water partition coefficient (Wildman–Crippen LogP) is 2.32. The fraction of sp³-hybridized carbons (Fsp3) is 0.133. The lowest BCUT2D eigenvalue weighted by molar-refractivity contribution is -0.115. The van der Waals surface area contributed by atoms with Crippen molar-refractivity contribution in [2.75, 3.05) is 0 Å². The number of hydrogen-bond donors (Lipinski definition) is 0. The van der Waals surface area contributed by atoms with Crippen molar-refractivity contribution in [3.05, 3.63) is 54.1 Å². The lowest BCUT2D eigenvalue weighted by atomic mass is 10.0. The van der Waals surface area contributed by atoms with Crippen molar-refractivity contribution in [2.24, 2.45) is 9.39 Å². The number of amides is 1. The zero-order valence-corrected chi connectivity index (χ0v) is 12.5. The largest absolute Gasteiger partial charge is 0.282 e. The number of nitrogens with zero attached hydrogens (tertiary/aromatic N) is 2. The molecule has 1 aliphatic rings. The molecule has 1 aromatic rings. The van der Waals surface area contributed by atoms with Gasteiger partial charge in [0.15, 0.2) is 0 Å². The second-order valence-corrected chi connectivity index (χ2v) is 6.09. The molecular formula is C15H14N2O3S. The maximum Gasteiger partial charge on any atom is 0.282 e. The Bertz CT molecular complexity index is 785. The third kappa shape index (κ3) is 3.82. The van der Waals surface area contributed by atoms with Crippen LogP contribution in [0.25, 0.3) is 0 Å². The molecule has 0 N–H and O–H groups in total. The molecule has 0 unspecified atom stereocenters. The maximum atomic E-state index is 12.1. The van der Waals surface area contributed by atoms with Crippen LogP contribution in [0.3, 0.4) is 0 Å². The third-order valence-electron chi connectivity index (χ3n) is 2.72. The lowest BCUT2D eigenvalue weighted by Crippen LogP contribution is -2.09. The van der Waals surface area contributed by atoms with Gasteiger partial charge in [0.1, 0.15) is 0 Å². The van der Waals surface area contributed by atoms with E-state index in [9.17, 15) is 13.2 Å². The van der Waals surface area contributed by atoms with Crippen LogP contribution in [0.5, 0.6) is 0 Å². The minimum Gasteiger partial charge on any atom is -0.273 e. The van der Waals surface area contributed by atoms with Crippen molar-refractivity contribution in [1.29, 1.82) is 0 Å². The standard InChI is InChI=1S/C15H14N2O3S/c1-11-10-13(8-9-15(11)16-12(2)18)17-21(19,20)14-6-4-3-5-7-14/h3-10H,1-2H3/b16-15?,17-13-. The summed E-state index contributed by atoms with van der Waals surface area (Å²) in [6.45, 7) is 3.10. The summed E-state index contributed by atoms with van der Waals surface area (Å²) in [6, 6.07) is 8.00. The first-order valence-corrected chi connectivity index (χ1v) is 7.68. The van der Waals surface area contributed by atoms with E-state index in [4.69, 9.17) is 0 Å². The van der Waals surface area contributed by atoms with E-state index in [0.717, 1.165) is 0 Å². The first-order valence-electron chi connectivity index (χ1n) is 6.24. The van der Waals surface area contributed by atoms with Crippen molar-refractivity contribution in [3.63, 3.8) is 0 Å². The summed E-state index contributed by atoms with van der Waals surface area (Å²) in [5, 5.41) is 0. The Hall–Kier alpha value is -2.34. The van der Waals surface area contributed by atoms with E-state index in [1.807, 2.05) is 0 Å². The third-order valence-corrected chi connectivity index (χ3v) is 4.04. The number of hydrogen-bond acceptors (Lipinski definition) is 3. The van der Waals surface area contributed by atoms with Crippen LogP contribution in [0.15, 0.2) is 68.4 Å². The number of benzene rings is 1. The Labute approximate surface area is 123 Å². The summed E-state index contributed by atoms with van der Waals surface area (Å²) in [7, 11) is -3.74. The van der Waals surface area contributed by atoms with Crippen LogP contribution in [-0.2, 0) is 14.8 Å². The topological polar surface area (TPSA) is 75.9 Å². The van der Waals surface area contributed by atoms with Gasteiger partial charge in [0.05, 0.1) is 16.3 Å². The fourth-order valence-corrected chi connectivity index (χ4v) is 2.77. The summed E-state index contributed by atoms with van der Waals surface area (Å²) in [5.74, 6) is -0.306. The highest BCUT2D eigenvalue weighted by Crippen LogP contribution is 2.14. The van der Waals surface area contributed by atoms with E-state index in [2.05, 4.69) is 9.39 Å². The van der Waals surface area contributed by atoms with Crippen molar-refractivity contribution in [3.8, 4) is 0 Å². The number of carbonyl (C=O) groups excluding carboxylic acids is 1. The second-order valence-electron chi connectivity index (χ2n) is 4.48. The number of sulfonamides is 1. The first-order chi connectivity index (χ1) is 9.88. The predicted molar refractivity (Wildman–Crippen MR) is 82.1 cm³/mol. The van der Waals surface area contributed by atoms with Gasteiger partial charge >= 0.3 is 0 Å². The SMILES string of the molecule is CC(=O)N=C1C=C/C(=N/S(=O)(=O)c2ccccc2)C=C1C. The number of aliphatic imine (C=N–C) groups is 1. The fourth-order valence-electron chi connectivity index (χ4n) is 1.78. The quantitative estimate of drug-likeness (QED) is 0.787. The normalized spacial score (nSPS) is 18.9. The van der Waals surface area contributed by atoms with Gasteiger partial charge in [-0.3, -0.25) is 4.79 Å². The highest BCUT2D eigenvalue weighted by molar-refractivity contribution is 7.90. The average molecular weight is 302 g/mol. The molecule has 1 aromatic carbocycles. The monoisotopic (exact) mass is 302 g/mol. The number of rotatable bonds is 2. The molecule has 0 spiro atoms. The van der Waals surface area contributed by atoms with Crippen LogP contribution >= 0.6 is 0 Å². The van der Waals surface area contributed by atoms with Crippen molar-refractivity contribution < 1.29 is 13.2 Å². The van der Waals surface area contributed by atoms with Crippen LogP contribution in [-0.4, -0.2) is 25.7 Å². The Kier molecular flexibility index (Phi) is 4.28. The van der Waals surface area contributed by atoms with Crippen LogP contribution in [0.1, 0.15) is 13.8 Å². The zero-order valence-electron chi connectivity index (χ0n) is 11.6. The number of carbonyl (C=O) groups is 1. The van der Waals surface area contributed by atoms with E-state index in [1.165, 1.54) is 25.1 Å². The van der Waals surface area contributed by atoms with E-state index in [1.54, 1.807) is 37.3 Å². The Morgan fingerprint density at radius 1 is 1.10 bits per heavy atom. The van der Waals surface area contributed by atoms with Gasteiger partial charge in [0.25, 0.3) is 10.0 Å². The molecule has 6 heteroatoms. The van der Waals surface area contributed by atoms with Gasteiger partial charge in [-0.2, -0.15) is 12.8 Å². The van der Waals surface area contributed by atoms with Gasteiger partial charge in [0.2, 0.25) is 5.91 Å².